The van der Waals surface area contributed by atoms with Gasteiger partial charge in [0.2, 0.25) is 0 Å². The van der Waals surface area contributed by atoms with Crippen molar-refractivity contribution >= 4 is 15.9 Å². The molecule has 5 rings (SSSR count). The Labute approximate surface area is 123 Å². The van der Waals surface area contributed by atoms with E-state index in [0.717, 1.165) is 35.3 Å². The number of aromatic nitrogens is 3. The Morgan fingerprint density at radius 3 is 2.32 bits per heavy atom. The number of rotatable bonds is 4. The van der Waals surface area contributed by atoms with Crippen molar-refractivity contribution in [2.24, 2.45) is 23.2 Å². The molecule has 0 aromatic carbocycles. The summed E-state index contributed by atoms with van der Waals surface area (Å²) in [6.07, 6.45) is 12.5. The third-order valence-electron chi connectivity index (χ3n) is 5.76. The Bertz CT molecular complexity index is 432. The molecule has 1 heterocycles. The number of hydrogen-bond donors (Lipinski definition) is 0. The van der Waals surface area contributed by atoms with Crippen LogP contribution in [0, 0.1) is 23.2 Å². The minimum atomic E-state index is 0.662. The van der Waals surface area contributed by atoms with Crippen molar-refractivity contribution in [3.8, 4) is 0 Å². The van der Waals surface area contributed by atoms with Gasteiger partial charge in [0, 0.05) is 18.1 Å². The molecule has 3 nitrogen and oxygen atoms in total. The molecule has 1 aromatic rings. The lowest BCUT2D eigenvalue weighted by Crippen LogP contribution is -2.46. The van der Waals surface area contributed by atoms with Crippen LogP contribution >= 0.6 is 15.9 Å². The standard InChI is InChI=1S/C15H22BrN3/c16-9-14-10-19(18-17-14)2-1-15-6-11-3-12(7-15)5-13(4-11)8-15/h10-13H,1-9H2. The van der Waals surface area contributed by atoms with Crippen LogP contribution in [0.1, 0.15) is 50.6 Å². The van der Waals surface area contributed by atoms with E-state index in [2.05, 4.69) is 37.1 Å². The Morgan fingerprint density at radius 1 is 1.16 bits per heavy atom. The van der Waals surface area contributed by atoms with Gasteiger partial charge in [0.05, 0.1) is 5.69 Å². The maximum Gasteiger partial charge on any atom is 0.0932 e. The summed E-state index contributed by atoms with van der Waals surface area (Å²) in [5.41, 5.74) is 1.71. The molecule has 0 N–H and O–H groups in total. The third-order valence-corrected chi connectivity index (χ3v) is 6.33. The second kappa shape index (κ2) is 4.57. The maximum absolute atomic E-state index is 4.24. The van der Waals surface area contributed by atoms with Crippen LogP contribution in [-0.2, 0) is 11.9 Å². The lowest BCUT2D eigenvalue weighted by atomic mass is 9.49. The van der Waals surface area contributed by atoms with E-state index >= 15 is 0 Å². The van der Waals surface area contributed by atoms with Crippen LogP contribution in [0.15, 0.2) is 6.20 Å². The van der Waals surface area contributed by atoms with Gasteiger partial charge in [-0.1, -0.05) is 21.1 Å². The lowest BCUT2D eigenvalue weighted by Gasteiger charge is -2.57. The van der Waals surface area contributed by atoms with E-state index in [-0.39, 0.29) is 0 Å². The van der Waals surface area contributed by atoms with Gasteiger partial charge in [0.1, 0.15) is 0 Å². The van der Waals surface area contributed by atoms with Gasteiger partial charge in [-0.2, -0.15) is 0 Å². The second-order valence-electron chi connectivity index (χ2n) is 7.27. The highest BCUT2D eigenvalue weighted by Crippen LogP contribution is 2.61. The first kappa shape index (κ1) is 12.4. The summed E-state index contributed by atoms with van der Waals surface area (Å²) in [6.45, 7) is 1.06. The Balaban J connectivity index is 1.44. The molecule has 4 bridgehead atoms. The van der Waals surface area contributed by atoms with Gasteiger partial charge >= 0.3 is 0 Å². The van der Waals surface area contributed by atoms with Crippen LogP contribution in [0.5, 0.6) is 0 Å². The molecule has 4 aliphatic carbocycles. The first-order valence-electron chi connectivity index (χ1n) is 7.70. The van der Waals surface area contributed by atoms with Crippen LogP contribution in [-0.4, -0.2) is 15.0 Å². The molecule has 4 aliphatic rings. The highest BCUT2D eigenvalue weighted by atomic mass is 79.9. The normalized spacial score (nSPS) is 39.9. The van der Waals surface area contributed by atoms with E-state index in [1.165, 1.54) is 44.9 Å². The quantitative estimate of drug-likeness (QED) is 0.789. The largest absolute Gasteiger partial charge is 0.252 e. The zero-order chi connectivity index (χ0) is 12.9. The fourth-order valence-corrected chi connectivity index (χ4v) is 5.71. The lowest BCUT2D eigenvalue weighted by molar-refractivity contribution is -0.0596. The monoisotopic (exact) mass is 323 g/mol. The molecule has 0 amide bonds. The van der Waals surface area contributed by atoms with E-state index in [1.807, 2.05) is 0 Å². The molecule has 1 aromatic heterocycles. The summed E-state index contributed by atoms with van der Waals surface area (Å²) in [5, 5.41) is 9.22. The molecule has 0 radical (unpaired) electrons. The molecule has 0 unspecified atom stereocenters. The molecule has 4 heteroatoms. The maximum atomic E-state index is 4.24. The summed E-state index contributed by atoms with van der Waals surface area (Å²) in [4.78, 5) is 0. The zero-order valence-corrected chi connectivity index (χ0v) is 13.0. The summed E-state index contributed by atoms with van der Waals surface area (Å²) < 4.78 is 2.05. The third kappa shape index (κ3) is 2.26. The molecule has 0 spiro atoms. The van der Waals surface area contributed by atoms with Crippen molar-refractivity contribution in [1.29, 1.82) is 0 Å². The Hall–Kier alpha value is -0.380. The Kier molecular flexibility index (Phi) is 2.98. The average Bonchev–Trinajstić information content (AvgIpc) is 2.83. The van der Waals surface area contributed by atoms with E-state index < -0.39 is 0 Å². The zero-order valence-electron chi connectivity index (χ0n) is 11.4. The highest BCUT2D eigenvalue weighted by Gasteiger charge is 2.50. The minimum absolute atomic E-state index is 0.662. The van der Waals surface area contributed by atoms with Gasteiger partial charge in [-0.25, -0.2) is 0 Å². The summed E-state index contributed by atoms with van der Waals surface area (Å²) in [6, 6.07) is 0. The number of halogens is 1. The fraction of sp³-hybridized carbons (Fsp3) is 0.867. The van der Waals surface area contributed by atoms with Crippen LogP contribution in [0.4, 0.5) is 0 Å². The average molecular weight is 324 g/mol. The molecule has 4 fully saturated rings. The van der Waals surface area contributed by atoms with Gasteiger partial charge in [-0.05, 0) is 68.1 Å². The minimum Gasteiger partial charge on any atom is -0.252 e. The van der Waals surface area contributed by atoms with E-state index in [1.54, 1.807) is 0 Å². The van der Waals surface area contributed by atoms with Crippen molar-refractivity contribution in [3.63, 3.8) is 0 Å². The molecule has 4 saturated carbocycles. The SMILES string of the molecule is BrCc1cn(CCC23CC4CC(CC(C4)C2)C3)nn1. The van der Waals surface area contributed by atoms with Crippen molar-refractivity contribution in [1.82, 2.24) is 15.0 Å². The van der Waals surface area contributed by atoms with Gasteiger partial charge in [0.25, 0.3) is 0 Å². The topological polar surface area (TPSA) is 30.7 Å². The molecular formula is C15H22BrN3. The van der Waals surface area contributed by atoms with Gasteiger partial charge < -0.3 is 0 Å². The van der Waals surface area contributed by atoms with Gasteiger partial charge in [-0.15, -0.1) is 5.10 Å². The highest BCUT2D eigenvalue weighted by molar-refractivity contribution is 9.08. The molecule has 0 aliphatic heterocycles. The summed E-state index contributed by atoms with van der Waals surface area (Å²) in [7, 11) is 0. The first-order chi connectivity index (χ1) is 9.25. The molecular weight excluding hydrogens is 302 g/mol. The van der Waals surface area contributed by atoms with E-state index in [0.29, 0.717) is 5.41 Å². The number of hydrogen-bond acceptors (Lipinski definition) is 2. The molecule has 0 atom stereocenters. The van der Waals surface area contributed by atoms with E-state index in [9.17, 15) is 0 Å². The second-order valence-corrected chi connectivity index (χ2v) is 7.83. The van der Waals surface area contributed by atoms with Crippen molar-refractivity contribution < 1.29 is 0 Å². The van der Waals surface area contributed by atoms with E-state index in [4.69, 9.17) is 0 Å². The number of nitrogens with zero attached hydrogens (tertiary/aromatic N) is 3. The van der Waals surface area contributed by atoms with Crippen LogP contribution in [0.2, 0.25) is 0 Å². The predicted molar refractivity (Wildman–Crippen MR) is 77.9 cm³/mol. The number of aryl methyl sites for hydroxylation is 1. The Morgan fingerprint density at radius 2 is 1.79 bits per heavy atom. The molecule has 19 heavy (non-hydrogen) atoms. The summed E-state index contributed by atoms with van der Waals surface area (Å²) in [5.74, 6) is 3.17. The van der Waals surface area contributed by atoms with Crippen LogP contribution in [0.25, 0.3) is 0 Å². The van der Waals surface area contributed by atoms with Crippen LogP contribution in [0.3, 0.4) is 0 Å². The van der Waals surface area contributed by atoms with Crippen LogP contribution < -0.4 is 0 Å². The first-order valence-corrected chi connectivity index (χ1v) is 8.82. The number of alkyl halides is 1. The molecule has 0 saturated heterocycles. The fourth-order valence-electron chi connectivity index (χ4n) is 5.46. The van der Waals surface area contributed by atoms with Crippen molar-refractivity contribution in [3.05, 3.63) is 11.9 Å². The van der Waals surface area contributed by atoms with Gasteiger partial charge in [-0.3, -0.25) is 4.68 Å². The summed E-state index contributed by atoms with van der Waals surface area (Å²) >= 11 is 3.44. The van der Waals surface area contributed by atoms with Crippen molar-refractivity contribution in [2.45, 2.75) is 56.8 Å². The predicted octanol–water partition coefficient (Wildman–Crippen LogP) is 3.78. The van der Waals surface area contributed by atoms with Gasteiger partial charge in [0.15, 0.2) is 0 Å². The molecule has 104 valence electrons. The van der Waals surface area contributed by atoms with Crippen molar-refractivity contribution in [2.75, 3.05) is 0 Å². The smallest absolute Gasteiger partial charge is 0.0932 e.